The highest BCUT2D eigenvalue weighted by atomic mass is 32.1. The number of hydrogen-bond acceptors (Lipinski definition) is 2. The fourth-order valence-corrected chi connectivity index (χ4v) is 2.65. The van der Waals surface area contributed by atoms with Gasteiger partial charge in [0.15, 0.2) is 0 Å². The molecule has 0 aromatic carbocycles. The Morgan fingerprint density at radius 1 is 1.29 bits per heavy atom. The van der Waals surface area contributed by atoms with Gasteiger partial charge in [0.2, 0.25) is 0 Å². The lowest BCUT2D eigenvalue weighted by Crippen LogP contribution is -1.95. The molecule has 0 radical (unpaired) electrons. The largest absolute Gasteiger partial charge is 0.367 e. The Hall–Kier alpha value is -1.06. The predicted octanol–water partition coefficient (Wildman–Crippen LogP) is 2.82. The first kappa shape index (κ1) is 9.49. The van der Waals surface area contributed by atoms with Crippen molar-refractivity contribution in [3.63, 3.8) is 0 Å². The number of H-pyrrole nitrogens is 1. The van der Waals surface area contributed by atoms with Crippen LogP contribution < -0.4 is 5.73 Å². The molecule has 0 spiro atoms. The molecule has 2 rings (SSSR count). The molecule has 74 valence electrons. The Balaban J connectivity index is 2.53. The van der Waals surface area contributed by atoms with Crippen LogP contribution in [0, 0.1) is 13.8 Å². The maximum absolute atomic E-state index is 5.67. The van der Waals surface area contributed by atoms with E-state index in [2.05, 4.69) is 24.9 Å². The number of aromatic nitrogens is 1. The molecule has 0 unspecified atom stereocenters. The lowest BCUT2D eigenvalue weighted by molar-refractivity contribution is 1.08. The summed E-state index contributed by atoms with van der Waals surface area (Å²) in [5.74, 6) is 0. The van der Waals surface area contributed by atoms with E-state index >= 15 is 0 Å². The molecular weight excluding hydrogens is 192 g/mol. The third-order valence-electron chi connectivity index (χ3n) is 2.38. The van der Waals surface area contributed by atoms with Crippen molar-refractivity contribution in [2.75, 3.05) is 0 Å². The van der Waals surface area contributed by atoms with Gasteiger partial charge in [0, 0.05) is 34.3 Å². The van der Waals surface area contributed by atoms with Crippen molar-refractivity contribution in [2.24, 2.45) is 5.73 Å². The molecule has 3 N–H and O–H groups in total. The minimum absolute atomic E-state index is 0.590. The van der Waals surface area contributed by atoms with Gasteiger partial charge in [-0.1, -0.05) is 0 Å². The molecule has 2 aromatic heterocycles. The van der Waals surface area contributed by atoms with E-state index in [0.29, 0.717) is 6.54 Å². The fourth-order valence-electron chi connectivity index (χ4n) is 1.71. The summed E-state index contributed by atoms with van der Waals surface area (Å²) < 4.78 is 0. The standard InChI is InChI=1S/C11H14N2S/c1-7-3-10(8(2)14-7)11-6-13-5-9(11)4-12/h3,5-6,13H,4,12H2,1-2H3. The molecule has 3 heteroatoms. The summed E-state index contributed by atoms with van der Waals surface area (Å²) in [5, 5.41) is 0. The van der Waals surface area contributed by atoms with Gasteiger partial charge < -0.3 is 10.7 Å². The van der Waals surface area contributed by atoms with Crippen LogP contribution >= 0.6 is 11.3 Å². The van der Waals surface area contributed by atoms with E-state index in [1.54, 1.807) is 0 Å². The third kappa shape index (κ3) is 1.49. The van der Waals surface area contributed by atoms with Crippen LogP contribution in [0.1, 0.15) is 15.3 Å². The second-order valence-corrected chi connectivity index (χ2v) is 4.89. The molecule has 0 saturated carbocycles. The summed E-state index contributed by atoms with van der Waals surface area (Å²) in [7, 11) is 0. The van der Waals surface area contributed by atoms with Crippen LogP contribution in [0.2, 0.25) is 0 Å². The maximum Gasteiger partial charge on any atom is 0.0199 e. The zero-order chi connectivity index (χ0) is 10.1. The molecule has 2 aromatic rings. The van der Waals surface area contributed by atoms with Crippen LogP contribution in [-0.2, 0) is 6.54 Å². The smallest absolute Gasteiger partial charge is 0.0199 e. The highest BCUT2D eigenvalue weighted by Gasteiger charge is 2.09. The lowest BCUT2D eigenvalue weighted by atomic mass is 10.1. The monoisotopic (exact) mass is 206 g/mol. The quantitative estimate of drug-likeness (QED) is 0.779. The topological polar surface area (TPSA) is 41.8 Å². The zero-order valence-corrected chi connectivity index (χ0v) is 9.24. The van der Waals surface area contributed by atoms with Crippen molar-refractivity contribution in [3.8, 4) is 11.1 Å². The lowest BCUT2D eigenvalue weighted by Gasteiger charge is -1.99. The molecule has 0 saturated heterocycles. The van der Waals surface area contributed by atoms with E-state index in [1.807, 2.05) is 23.7 Å². The van der Waals surface area contributed by atoms with Gasteiger partial charge in [-0.3, -0.25) is 0 Å². The Labute approximate surface area is 87.8 Å². The normalized spacial score (nSPS) is 10.8. The molecule has 0 aliphatic heterocycles. The van der Waals surface area contributed by atoms with Crippen molar-refractivity contribution in [1.29, 1.82) is 0 Å². The molecule has 0 atom stereocenters. The van der Waals surface area contributed by atoms with Crippen LogP contribution in [0.3, 0.4) is 0 Å². The van der Waals surface area contributed by atoms with E-state index < -0.39 is 0 Å². The van der Waals surface area contributed by atoms with Gasteiger partial charge in [0.1, 0.15) is 0 Å². The molecule has 0 aliphatic carbocycles. The highest BCUT2D eigenvalue weighted by Crippen LogP contribution is 2.32. The Bertz CT molecular complexity index is 440. The van der Waals surface area contributed by atoms with Crippen LogP contribution in [0.5, 0.6) is 0 Å². The number of aryl methyl sites for hydroxylation is 2. The molecule has 2 nitrogen and oxygen atoms in total. The number of rotatable bonds is 2. The number of hydrogen-bond donors (Lipinski definition) is 2. The van der Waals surface area contributed by atoms with Crippen molar-refractivity contribution in [3.05, 3.63) is 33.8 Å². The summed E-state index contributed by atoms with van der Waals surface area (Å²) in [4.78, 5) is 5.82. The molecule has 14 heavy (non-hydrogen) atoms. The average molecular weight is 206 g/mol. The maximum atomic E-state index is 5.67. The molecular formula is C11H14N2S. The summed E-state index contributed by atoms with van der Waals surface area (Å²) in [5.41, 5.74) is 9.42. The Morgan fingerprint density at radius 2 is 2.07 bits per heavy atom. The number of thiophene rings is 1. The van der Waals surface area contributed by atoms with Gasteiger partial charge in [-0.15, -0.1) is 11.3 Å². The number of aromatic amines is 1. The van der Waals surface area contributed by atoms with Crippen LogP contribution in [0.25, 0.3) is 11.1 Å². The first-order chi connectivity index (χ1) is 6.72. The Kier molecular flexibility index (Phi) is 2.44. The van der Waals surface area contributed by atoms with Crippen LogP contribution in [0.4, 0.5) is 0 Å². The summed E-state index contributed by atoms with van der Waals surface area (Å²) in [6.07, 6.45) is 4.00. The first-order valence-electron chi connectivity index (χ1n) is 4.65. The highest BCUT2D eigenvalue weighted by molar-refractivity contribution is 7.12. The van der Waals surface area contributed by atoms with E-state index in [9.17, 15) is 0 Å². The minimum Gasteiger partial charge on any atom is -0.367 e. The molecule has 2 heterocycles. The van der Waals surface area contributed by atoms with Crippen molar-refractivity contribution < 1.29 is 0 Å². The van der Waals surface area contributed by atoms with Gasteiger partial charge in [0.25, 0.3) is 0 Å². The predicted molar refractivity (Wildman–Crippen MR) is 61.5 cm³/mol. The number of nitrogens with one attached hydrogen (secondary N) is 1. The van der Waals surface area contributed by atoms with Crippen molar-refractivity contribution in [2.45, 2.75) is 20.4 Å². The van der Waals surface area contributed by atoms with Crippen molar-refractivity contribution >= 4 is 11.3 Å². The zero-order valence-electron chi connectivity index (χ0n) is 8.42. The average Bonchev–Trinajstić information content (AvgIpc) is 2.71. The molecule has 0 aliphatic rings. The molecule has 0 amide bonds. The van der Waals surface area contributed by atoms with Crippen molar-refractivity contribution in [1.82, 2.24) is 4.98 Å². The van der Waals surface area contributed by atoms with Crippen LogP contribution in [0.15, 0.2) is 18.5 Å². The second kappa shape index (κ2) is 3.59. The Morgan fingerprint density at radius 3 is 2.64 bits per heavy atom. The SMILES string of the molecule is Cc1cc(-c2c[nH]cc2CN)c(C)s1. The van der Waals surface area contributed by atoms with E-state index in [4.69, 9.17) is 5.73 Å². The molecule has 0 fully saturated rings. The fraction of sp³-hybridized carbons (Fsp3) is 0.273. The summed E-state index contributed by atoms with van der Waals surface area (Å²) in [6.45, 7) is 4.88. The van der Waals surface area contributed by atoms with E-state index in [1.165, 1.54) is 26.4 Å². The van der Waals surface area contributed by atoms with Crippen LogP contribution in [-0.4, -0.2) is 4.98 Å². The van der Waals surface area contributed by atoms with Gasteiger partial charge in [-0.2, -0.15) is 0 Å². The van der Waals surface area contributed by atoms with E-state index in [-0.39, 0.29) is 0 Å². The van der Waals surface area contributed by atoms with Gasteiger partial charge in [0.05, 0.1) is 0 Å². The van der Waals surface area contributed by atoms with E-state index in [0.717, 1.165) is 0 Å². The molecule has 0 bridgehead atoms. The first-order valence-corrected chi connectivity index (χ1v) is 5.47. The second-order valence-electron chi connectivity index (χ2n) is 3.43. The summed E-state index contributed by atoms with van der Waals surface area (Å²) >= 11 is 1.83. The van der Waals surface area contributed by atoms with Gasteiger partial charge in [-0.25, -0.2) is 0 Å². The number of nitrogens with two attached hydrogens (primary N) is 1. The van der Waals surface area contributed by atoms with Gasteiger partial charge >= 0.3 is 0 Å². The minimum atomic E-state index is 0.590. The third-order valence-corrected chi connectivity index (χ3v) is 3.35. The summed E-state index contributed by atoms with van der Waals surface area (Å²) in [6, 6.07) is 2.22. The van der Waals surface area contributed by atoms with Gasteiger partial charge in [-0.05, 0) is 31.0 Å².